The minimum absolute atomic E-state index is 0.00824. The zero-order valence-corrected chi connectivity index (χ0v) is 24.5. The molecule has 1 aliphatic carbocycles. The number of benzene rings is 1. The van der Waals surface area contributed by atoms with Crippen molar-refractivity contribution >= 4 is 28.9 Å². The van der Waals surface area contributed by atoms with Gasteiger partial charge in [0, 0.05) is 29.1 Å². The van der Waals surface area contributed by atoms with E-state index in [4.69, 9.17) is 14.5 Å². The number of aryl methyl sites for hydroxylation is 1. The van der Waals surface area contributed by atoms with Crippen LogP contribution >= 0.6 is 0 Å². The van der Waals surface area contributed by atoms with E-state index in [1.807, 2.05) is 6.92 Å². The number of alkyl carbamates (subject to hydrolysis) is 1. The van der Waals surface area contributed by atoms with E-state index < -0.39 is 35.1 Å². The van der Waals surface area contributed by atoms with Crippen molar-refractivity contribution in [1.29, 1.82) is 0 Å². The molecule has 1 aromatic carbocycles. The van der Waals surface area contributed by atoms with Gasteiger partial charge in [0.1, 0.15) is 19.0 Å². The third kappa shape index (κ3) is 4.21. The summed E-state index contributed by atoms with van der Waals surface area (Å²) in [4.78, 5) is 58.3. The van der Waals surface area contributed by atoms with Crippen molar-refractivity contribution in [3.8, 4) is 11.4 Å². The highest BCUT2D eigenvalue weighted by atomic mass is 19.1. The second-order valence-corrected chi connectivity index (χ2v) is 11.1. The number of carbonyl (C=O) groups is 3. The molecule has 3 aromatic rings. The van der Waals surface area contributed by atoms with Crippen LogP contribution in [-0.4, -0.2) is 57.2 Å². The number of halogens is 1. The largest absolute Gasteiger partial charge is 0.458 e. The van der Waals surface area contributed by atoms with Gasteiger partial charge < -0.3 is 29.4 Å². The SMILES string of the molecule is CCOC(=O)NCC(=O)N(CC)[C@H]1CCc2c(C)c(F)cc3nc4c(c1c23)Cn1c-4cc2c(c1=O)COC(=O)[C@]2(O)CC. The van der Waals surface area contributed by atoms with Gasteiger partial charge in [-0.1, -0.05) is 6.92 Å². The first kappa shape index (κ1) is 28.8. The lowest BCUT2D eigenvalue weighted by atomic mass is 9.81. The van der Waals surface area contributed by atoms with Crippen LogP contribution in [0.15, 0.2) is 16.9 Å². The molecule has 6 rings (SSSR count). The quantitative estimate of drug-likeness (QED) is 0.326. The molecule has 0 saturated heterocycles. The molecule has 2 N–H and O–H groups in total. The highest BCUT2D eigenvalue weighted by molar-refractivity contribution is 5.94. The summed E-state index contributed by atoms with van der Waals surface area (Å²) in [5.41, 5.74) is 2.08. The molecule has 12 heteroatoms. The Morgan fingerprint density at radius 3 is 2.70 bits per heavy atom. The molecule has 0 unspecified atom stereocenters. The van der Waals surface area contributed by atoms with Crippen LogP contribution in [0.2, 0.25) is 0 Å². The second-order valence-electron chi connectivity index (χ2n) is 11.1. The number of aromatic nitrogens is 2. The van der Waals surface area contributed by atoms with Crippen molar-refractivity contribution < 1.29 is 33.4 Å². The predicted octanol–water partition coefficient (Wildman–Crippen LogP) is 3.11. The summed E-state index contributed by atoms with van der Waals surface area (Å²) in [6, 6.07) is 2.56. The number of aliphatic hydroxyl groups is 1. The van der Waals surface area contributed by atoms with Gasteiger partial charge in [0.2, 0.25) is 5.91 Å². The summed E-state index contributed by atoms with van der Waals surface area (Å²) in [7, 11) is 0. The summed E-state index contributed by atoms with van der Waals surface area (Å²) < 4.78 is 26.8. The minimum atomic E-state index is -1.98. The van der Waals surface area contributed by atoms with Crippen LogP contribution < -0.4 is 10.9 Å². The van der Waals surface area contributed by atoms with Crippen molar-refractivity contribution in [2.45, 2.75) is 71.8 Å². The Bertz CT molecular complexity index is 1780. The number of hydrogen-bond acceptors (Lipinski definition) is 8. The lowest BCUT2D eigenvalue weighted by Gasteiger charge is -2.37. The number of esters is 1. The molecule has 4 heterocycles. The normalized spacial score (nSPS) is 19.8. The van der Waals surface area contributed by atoms with Crippen molar-refractivity contribution in [2.24, 2.45) is 0 Å². The Labute approximate surface area is 246 Å². The zero-order chi connectivity index (χ0) is 30.8. The maximum absolute atomic E-state index is 15.2. The predicted molar refractivity (Wildman–Crippen MR) is 153 cm³/mol. The number of carbonyl (C=O) groups excluding carboxylic acids is 3. The third-order valence-corrected chi connectivity index (χ3v) is 9.04. The van der Waals surface area contributed by atoms with Gasteiger partial charge in [0.05, 0.1) is 41.7 Å². The third-order valence-electron chi connectivity index (χ3n) is 9.04. The number of likely N-dealkylation sites (N-methyl/N-ethyl adjacent to an activating group) is 1. The maximum Gasteiger partial charge on any atom is 0.407 e. The Kier molecular flexibility index (Phi) is 6.99. The average Bonchev–Trinajstić information content (AvgIpc) is 3.36. The maximum atomic E-state index is 15.2. The van der Waals surface area contributed by atoms with Crippen LogP contribution in [0.4, 0.5) is 9.18 Å². The summed E-state index contributed by atoms with van der Waals surface area (Å²) >= 11 is 0. The Morgan fingerprint density at radius 2 is 2.00 bits per heavy atom. The van der Waals surface area contributed by atoms with E-state index in [-0.39, 0.29) is 49.8 Å². The van der Waals surface area contributed by atoms with E-state index >= 15 is 4.39 Å². The van der Waals surface area contributed by atoms with Gasteiger partial charge in [0.25, 0.3) is 5.56 Å². The lowest BCUT2D eigenvalue weighted by molar-refractivity contribution is -0.172. The van der Waals surface area contributed by atoms with Crippen LogP contribution in [0.5, 0.6) is 0 Å². The van der Waals surface area contributed by atoms with Crippen LogP contribution in [0.3, 0.4) is 0 Å². The summed E-state index contributed by atoms with van der Waals surface area (Å²) in [5.74, 6) is -1.53. The first-order chi connectivity index (χ1) is 20.5. The van der Waals surface area contributed by atoms with E-state index in [9.17, 15) is 24.3 Å². The summed E-state index contributed by atoms with van der Waals surface area (Å²) in [6.07, 6.45) is 0.334. The Hall–Kier alpha value is -4.32. The summed E-state index contributed by atoms with van der Waals surface area (Å²) in [6.45, 7) is 7.03. The number of fused-ring (bicyclic) bond motifs is 5. The van der Waals surface area contributed by atoms with Gasteiger partial charge in [-0.3, -0.25) is 9.59 Å². The van der Waals surface area contributed by atoms with Crippen molar-refractivity contribution in [3.63, 3.8) is 0 Å². The van der Waals surface area contributed by atoms with E-state index in [1.54, 1.807) is 31.7 Å². The topological polar surface area (TPSA) is 140 Å². The molecular formula is C31H33FN4O7. The van der Waals surface area contributed by atoms with Gasteiger partial charge in [-0.15, -0.1) is 0 Å². The van der Waals surface area contributed by atoms with Gasteiger partial charge in [-0.05, 0) is 62.8 Å². The highest BCUT2D eigenvalue weighted by Crippen LogP contribution is 2.47. The Balaban J connectivity index is 1.55. The fourth-order valence-corrected chi connectivity index (χ4v) is 6.84. The number of amides is 2. The first-order valence-electron chi connectivity index (χ1n) is 14.6. The zero-order valence-electron chi connectivity index (χ0n) is 24.5. The molecule has 0 fully saturated rings. The molecule has 0 radical (unpaired) electrons. The number of nitrogens with one attached hydrogen (secondary N) is 1. The molecule has 43 heavy (non-hydrogen) atoms. The molecule has 2 aromatic heterocycles. The average molecular weight is 593 g/mol. The molecule has 2 amide bonds. The van der Waals surface area contributed by atoms with Crippen LogP contribution in [0, 0.1) is 12.7 Å². The van der Waals surface area contributed by atoms with Gasteiger partial charge in [-0.25, -0.2) is 19.0 Å². The highest BCUT2D eigenvalue weighted by Gasteiger charge is 2.46. The molecule has 2 atom stereocenters. The van der Waals surface area contributed by atoms with Crippen molar-refractivity contribution in [1.82, 2.24) is 19.8 Å². The van der Waals surface area contributed by atoms with Crippen LogP contribution in [-0.2, 0) is 44.2 Å². The van der Waals surface area contributed by atoms with Crippen LogP contribution in [0.25, 0.3) is 22.3 Å². The molecule has 3 aliphatic rings. The molecule has 2 aliphatic heterocycles. The summed E-state index contributed by atoms with van der Waals surface area (Å²) in [5, 5.41) is 14.5. The molecule has 0 saturated carbocycles. The number of hydrogen-bond donors (Lipinski definition) is 2. The fourth-order valence-electron chi connectivity index (χ4n) is 6.84. The molecule has 0 bridgehead atoms. The number of pyridine rings is 2. The minimum Gasteiger partial charge on any atom is -0.458 e. The molecular weight excluding hydrogens is 559 g/mol. The Morgan fingerprint density at radius 1 is 1.23 bits per heavy atom. The van der Waals surface area contributed by atoms with Gasteiger partial charge >= 0.3 is 12.1 Å². The van der Waals surface area contributed by atoms with Gasteiger partial charge in [0.15, 0.2) is 5.60 Å². The number of nitrogens with zero attached hydrogens (tertiary/aromatic N) is 3. The standard InChI is InChI=1S/C31H33FN4O7/c1-5-31(41)19-10-23-27-17(13-36(23)28(38)18(19)14-43-29(31)39)26-22(35(6-2)24(37)12-33-30(40)42-7-3)9-8-16-15(4)20(32)11-21(34-27)25(16)26/h10-11,22,41H,5-9,12-14H2,1-4H3,(H,33,40)/t22-,31-/m0/s1. The second kappa shape index (κ2) is 10.4. The number of cyclic esters (lactones) is 1. The van der Waals surface area contributed by atoms with E-state index in [0.29, 0.717) is 41.9 Å². The molecule has 0 spiro atoms. The van der Waals surface area contributed by atoms with Gasteiger partial charge in [-0.2, -0.15) is 0 Å². The lowest BCUT2D eigenvalue weighted by Crippen LogP contribution is -2.44. The number of ether oxygens (including phenoxy) is 2. The van der Waals surface area contributed by atoms with Crippen LogP contribution in [0.1, 0.15) is 73.0 Å². The monoisotopic (exact) mass is 592 g/mol. The van der Waals surface area contributed by atoms with E-state index in [0.717, 1.165) is 22.1 Å². The molecule has 226 valence electrons. The smallest absolute Gasteiger partial charge is 0.407 e. The van der Waals surface area contributed by atoms with Crippen molar-refractivity contribution in [2.75, 3.05) is 19.7 Å². The van der Waals surface area contributed by atoms with E-state index in [1.165, 1.54) is 10.6 Å². The molecule has 11 nitrogen and oxygen atoms in total. The van der Waals surface area contributed by atoms with Crippen molar-refractivity contribution in [3.05, 3.63) is 61.7 Å². The number of rotatable bonds is 6. The fraction of sp³-hybridized carbons (Fsp3) is 0.452. The first-order valence-corrected chi connectivity index (χ1v) is 14.6. The van der Waals surface area contributed by atoms with E-state index in [2.05, 4.69) is 5.32 Å².